The highest BCUT2D eigenvalue weighted by atomic mass is 16.7. The highest BCUT2D eigenvalue weighted by Crippen LogP contribution is 2.11. The first-order chi connectivity index (χ1) is 4.24. The predicted octanol–water partition coefficient (Wildman–Crippen LogP) is -0.859. The smallest absolute Gasteiger partial charge is 0.248 e. The lowest BCUT2D eigenvalue weighted by molar-refractivity contribution is -0.167. The van der Waals surface area contributed by atoms with Gasteiger partial charge in [-0.3, -0.25) is 9.63 Å². The fourth-order valence-corrected chi connectivity index (χ4v) is 0.741. The van der Waals surface area contributed by atoms with Crippen LogP contribution in [-0.2, 0) is 9.63 Å². The minimum Gasteiger partial charge on any atom is -0.394 e. The van der Waals surface area contributed by atoms with Crippen LogP contribution in [0.25, 0.3) is 0 Å². The van der Waals surface area contributed by atoms with Gasteiger partial charge >= 0.3 is 0 Å². The normalized spacial score (nSPS) is 27.6. The van der Waals surface area contributed by atoms with Crippen molar-refractivity contribution in [2.45, 2.75) is 12.5 Å². The van der Waals surface area contributed by atoms with Crippen LogP contribution in [0.4, 0.5) is 0 Å². The van der Waals surface area contributed by atoms with E-state index in [1.807, 2.05) is 0 Å². The number of amides is 1. The standard InChI is InChI=1S/C5H9NO3/c1-6-5(8)2-4(3-7)9-6/h4,7H,2-3H2,1H3/t4-/m0/s1. The van der Waals surface area contributed by atoms with Crippen LogP contribution >= 0.6 is 0 Å². The summed E-state index contributed by atoms with van der Waals surface area (Å²) in [6.07, 6.45) is -0.0185. The van der Waals surface area contributed by atoms with Crippen LogP contribution in [0.2, 0.25) is 0 Å². The van der Waals surface area contributed by atoms with Gasteiger partial charge in [0.15, 0.2) is 0 Å². The second-order valence-corrected chi connectivity index (χ2v) is 2.01. The molecule has 0 unspecified atom stereocenters. The maximum atomic E-state index is 10.6. The number of aliphatic hydroxyl groups excluding tert-OH is 1. The Kier molecular flexibility index (Phi) is 1.68. The Bertz CT molecular complexity index is 125. The number of hydroxylamine groups is 2. The summed E-state index contributed by atoms with van der Waals surface area (Å²) in [7, 11) is 1.54. The molecule has 1 saturated heterocycles. The van der Waals surface area contributed by atoms with E-state index in [1.54, 1.807) is 0 Å². The Morgan fingerprint density at radius 2 is 2.67 bits per heavy atom. The van der Waals surface area contributed by atoms with Crippen molar-refractivity contribution < 1.29 is 14.7 Å². The quantitative estimate of drug-likeness (QED) is 0.504. The van der Waals surface area contributed by atoms with Crippen molar-refractivity contribution in [2.75, 3.05) is 13.7 Å². The van der Waals surface area contributed by atoms with Gasteiger partial charge in [-0.05, 0) is 0 Å². The highest BCUT2D eigenvalue weighted by molar-refractivity contribution is 5.76. The monoisotopic (exact) mass is 131 g/mol. The SMILES string of the molecule is CN1O[C@H](CO)CC1=O. The van der Waals surface area contributed by atoms with Gasteiger partial charge in [-0.15, -0.1) is 0 Å². The van der Waals surface area contributed by atoms with Crippen molar-refractivity contribution in [1.29, 1.82) is 0 Å². The third-order valence-corrected chi connectivity index (χ3v) is 1.26. The molecule has 0 spiro atoms. The number of rotatable bonds is 1. The third kappa shape index (κ3) is 1.20. The summed E-state index contributed by atoms with van der Waals surface area (Å²) in [5, 5.41) is 9.65. The van der Waals surface area contributed by atoms with E-state index in [1.165, 1.54) is 7.05 Å². The van der Waals surface area contributed by atoms with E-state index >= 15 is 0 Å². The molecule has 0 aromatic rings. The van der Waals surface area contributed by atoms with Crippen molar-refractivity contribution in [3.05, 3.63) is 0 Å². The number of hydrogen-bond donors (Lipinski definition) is 1. The molecule has 0 radical (unpaired) electrons. The average Bonchev–Trinajstić information content (AvgIpc) is 2.13. The summed E-state index contributed by atoms with van der Waals surface area (Å²) in [4.78, 5) is 15.5. The largest absolute Gasteiger partial charge is 0.394 e. The minimum absolute atomic E-state index is 0.0750. The predicted molar refractivity (Wildman–Crippen MR) is 29.3 cm³/mol. The summed E-state index contributed by atoms with van der Waals surface area (Å²) in [5.41, 5.74) is 0. The molecule has 0 saturated carbocycles. The lowest BCUT2D eigenvalue weighted by Crippen LogP contribution is -2.18. The average molecular weight is 131 g/mol. The maximum absolute atomic E-state index is 10.6. The van der Waals surface area contributed by atoms with Gasteiger partial charge in [-0.2, -0.15) is 0 Å². The molecule has 1 aliphatic rings. The zero-order chi connectivity index (χ0) is 6.85. The topological polar surface area (TPSA) is 49.8 Å². The summed E-state index contributed by atoms with van der Waals surface area (Å²) >= 11 is 0. The van der Waals surface area contributed by atoms with Gasteiger partial charge in [0.05, 0.1) is 13.0 Å². The van der Waals surface area contributed by atoms with Crippen molar-refractivity contribution in [2.24, 2.45) is 0 Å². The second kappa shape index (κ2) is 2.33. The van der Waals surface area contributed by atoms with Gasteiger partial charge in [-0.1, -0.05) is 0 Å². The molecule has 0 aliphatic carbocycles. The highest BCUT2D eigenvalue weighted by Gasteiger charge is 2.26. The summed E-state index contributed by atoms with van der Waals surface area (Å²) in [5.74, 6) is -0.0750. The number of hydrogen-bond acceptors (Lipinski definition) is 3. The maximum Gasteiger partial charge on any atom is 0.248 e. The van der Waals surface area contributed by atoms with E-state index in [2.05, 4.69) is 0 Å². The van der Waals surface area contributed by atoms with E-state index in [4.69, 9.17) is 9.94 Å². The zero-order valence-corrected chi connectivity index (χ0v) is 5.20. The fraction of sp³-hybridized carbons (Fsp3) is 0.800. The third-order valence-electron chi connectivity index (χ3n) is 1.26. The Hall–Kier alpha value is -0.610. The van der Waals surface area contributed by atoms with Gasteiger partial charge in [0.1, 0.15) is 6.10 Å². The molecule has 52 valence electrons. The van der Waals surface area contributed by atoms with Crippen LogP contribution < -0.4 is 0 Å². The van der Waals surface area contributed by atoms with Crippen LogP contribution in [0.15, 0.2) is 0 Å². The molecule has 1 amide bonds. The molecule has 1 N–H and O–H groups in total. The molecule has 1 rings (SSSR count). The van der Waals surface area contributed by atoms with Crippen molar-refractivity contribution in [1.82, 2.24) is 5.06 Å². The Labute approximate surface area is 53.0 Å². The van der Waals surface area contributed by atoms with Gasteiger partial charge < -0.3 is 5.11 Å². The van der Waals surface area contributed by atoms with E-state index in [0.717, 1.165) is 5.06 Å². The van der Waals surface area contributed by atoms with Gasteiger partial charge in [0.2, 0.25) is 5.91 Å². The van der Waals surface area contributed by atoms with Gasteiger partial charge in [-0.25, -0.2) is 5.06 Å². The molecule has 0 bridgehead atoms. The summed E-state index contributed by atoms with van der Waals surface area (Å²) in [6.45, 7) is -0.0872. The first kappa shape index (κ1) is 6.51. The van der Waals surface area contributed by atoms with Crippen LogP contribution in [0.1, 0.15) is 6.42 Å². The lowest BCUT2D eigenvalue weighted by Gasteiger charge is -2.07. The second-order valence-electron chi connectivity index (χ2n) is 2.01. The molecule has 1 aliphatic heterocycles. The first-order valence-electron chi connectivity index (χ1n) is 2.78. The van der Waals surface area contributed by atoms with Crippen LogP contribution in [0.3, 0.4) is 0 Å². The number of aliphatic hydroxyl groups is 1. The fourth-order valence-electron chi connectivity index (χ4n) is 0.741. The number of carbonyl (C=O) groups excluding carboxylic acids is 1. The summed E-state index contributed by atoms with van der Waals surface area (Å²) < 4.78 is 0. The van der Waals surface area contributed by atoms with Crippen molar-refractivity contribution in [3.8, 4) is 0 Å². The van der Waals surface area contributed by atoms with Crippen molar-refractivity contribution in [3.63, 3.8) is 0 Å². The van der Waals surface area contributed by atoms with Crippen molar-refractivity contribution >= 4 is 5.91 Å². The van der Waals surface area contributed by atoms with E-state index in [0.29, 0.717) is 6.42 Å². The molecule has 4 nitrogen and oxygen atoms in total. The first-order valence-corrected chi connectivity index (χ1v) is 2.78. The molecule has 4 heteroatoms. The number of carbonyl (C=O) groups is 1. The summed E-state index contributed by atoms with van der Waals surface area (Å²) in [6, 6.07) is 0. The zero-order valence-electron chi connectivity index (χ0n) is 5.20. The van der Waals surface area contributed by atoms with Gasteiger partial charge in [0.25, 0.3) is 0 Å². The molecule has 1 atom stereocenters. The van der Waals surface area contributed by atoms with Crippen LogP contribution in [0, 0.1) is 0 Å². The molecule has 1 heterocycles. The molecular formula is C5H9NO3. The molecule has 0 aromatic heterocycles. The number of nitrogens with zero attached hydrogens (tertiary/aromatic N) is 1. The van der Waals surface area contributed by atoms with Crippen LogP contribution in [-0.4, -0.2) is 35.8 Å². The molecular weight excluding hydrogens is 122 g/mol. The van der Waals surface area contributed by atoms with E-state index < -0.39 is 0 Å². The van der Waals surface area contributed by atoms with Gasteiger partial charge in [0, 0.05) is 7.05 Å². The van der Waals surface area contributed by atoms with E-state index in [9.17, 15) is 4.79 Å². The Morgan fingerprint density at radius 3 is 2.89 bits per heavy atom. The molecule has 0 aromatic carbocycles. The van der Waals surface area contributed by atoms with E-state index in [-0.39, 0.29) is 18.6 Å². The van der Waals surface area contributed by atoms with Crippen LogP contribution in [0.5, 0.6) is 0 Å². The molecule has 1 fully saturated rings. The molecule has 9 heavy (non-hydrogen) atoms. The minimum atomic E-state index is -0.317. The Balaban J connectivity index is 2.44. The Morgan fingerprint density at radius 1 is 2.00 bits per heavy atom. The lowest BCUT2D eigenvalue weighted by atomic mass is 10.3.